The van der Waals surface area contributed by atoms with Gasteiger partial charge in [-0.05, 0) is 71.4 Å². The molecule has 1 aromatic rings. The monoisotopic (exact) mass is 260 g/mol. The Morgan fingerprint density at radius 1 is 0.900 bits per heavy atom. The summed E-state index contributed by atoms with van der Waals surface area (Å²) in [5.74, 6) is 0.583. The summed E-state index contributed by atoms with van der Waals surface area (Å²) >= 11 is 0. The Morgan fingerprint density at radius 2 is 1.70 bits per heavy atom. The smallest absolute Gasteiger partial charge is 0.0133 e. The van der Waals surface area contributed by atoms with Crippen LogP contribution in [0.3, 0.4) is 0 Å². The summed E-state index contributed by atoms with van der Waals surface area (Å²) < 4.78 is 0. The molecule has 4 rings (SSSR count). The van der Waals surface area contributed by atoms with Gasteiger partial charge in [-0.2, -0.15) is 0 Å². The first-order valence-electron chi connectivity index (χ1n) is 7.65. The average Bonchev–Trinajstić information content (AvgIpc) is 2.50. The Morgan fingerprint density at radius 3 is 2.60 bits per heavy atom. The van der Waals surface area contributed by atoms with Crippen LogP contribution in [0.4, 0.5) is 0 Å². The first kappa shape index (κ1) is 12.0. The van der Waals surface area contributed by atoms with Gasteiger partial charge in [0.2, 0.25) is 0 Å². The molecule has 0 bridgehead atoms. The Balaban J connectivity index is 2.08. The normalized spacial score (nSPS) is 23.1. The van der Waals surface area contributed by atoms with Crippen LogP contribution in [0.5, 0.6) is 0 Å². The fourth-order valence-corrected chi connectivity index (χ4v) is 3.91. The van der Waals surface area contributed by atoms with E-state index in [1.807, 2.05) is 0 Å². The molecule has 1 unspecified atom stereocenters. The van der Waals surface area contributed by atoms with Gasteiger partial charge in [0, 0.05) is 5.92 Å². The van der Waals surface area contributed by atoms with Crippen LogP contribution in [0.15, 0.2) is 47.6 Å². The highest BCUT2D eigenvalue weighted by Crippen LogP contribution is 2.39. The molecule has 0 heteroatoms. The summed E-state index contributed by atoms with van der Waals surface area (Å²) in [5, 5.41) is 2.95. The zero-order valence-electron chi connectivity index (χ0n) is 12.2. The van der Waals surface area contributed by atoms with E-state index in [1.165, 1.54) is 45.6 Å². The zero-order chi connectivity index (χ0) is 13.7. The molecule has 1 aromatic carbocycles. The van der Waals surface area contributed by atoms with Crippen molar-refractivity contribution in [3.05, 3.63) is 69.1 Å². The Labute approximate surface area is 120 Å². The van der Waals surface area contributed by atoms with Crippen molar-refractivity contribution in [2.75, 3.05) is 0 Å². The Kier molecular flexibility index (Phi) is 2.60. The number of allylic oxidation sites excluding steroid dienone is 6. The van der Waals surface area contributed by atoms with Gasteiger partial charge in [0.05, 0.1) is 0 Å². The second-order valence-electron chi connectivity index (χ2n) is 6.17. The molecular formula is C20H20. The van der Waals surface area contributed by atoms with Crippen molar-refractivity contribution in [2.24, 2.45) is 5.92 Å². The third-order valence-corrected chi connectivity index (χ3v) is 4.94. The predicted octanol–water partition coefficient (Wildman–Crippen LogP) is 3.47. The molecule has 3 aliphatic rings. The second kappa shape index (κ2) is 4.34. The van der Waals surface area contributed by atoms with Gasteiger partial charge < -0.3 is 0 Å². The maximum Gasteiger partial charge on any atom is 0.0133 e. The fraction of sp³-hybridized carbons (Fsp3) is 0.300. The van der Waals surface area contributed by atoms with E-state index in [0.29, 0.717) is 5.92 Å². The first-order valence-corrected chi connectivity index (χ1v) is 7.65. The molecular weight excluding hydrogens is 240 g/mol. The third kappa shape index (κ3) is 1.61. The molecule has 0 amide bonds. The van der Waals surface area contributed by atoms with Crippen LogP contribution < -0.4 is 10.4 Å². The van der Waals surface area contributed by atoms with Crippen LogP contribution in [0.1, 0.15) is 30.4 Å². The van der Waals surface area contributed by atoms with E-state index in [-0.39, 0.29) is 0 Å². The summed E-state index contributed by atoms with van der Waals surface area (Å²) in [6, 6.07) is 4.52. The topological polar surface area (TPSA) is 0 Å². The Hall–Kier alpha value is -1.82. The van der Waals surface area contributed by atoms with Crippen LogP contribution in [0.2, 0.25) is 0 Å². The molecule has 1 atom stereocenters. The Bertz CT molecular complexity index is 797. The van der Waals surface area contributed by atoms with Gasteiger partial charge in [-0.25, -0.2) is 0 Å². The van der Waals surface area contributed by atoms with Crippen LogP contribution in [0, 0.1) is 19.8 Å². The summed E-state index contributed by atoms with van der Waals surface area (Å²) in [5.41, 5.74) is 7.39. The van der Waals surface area contributed by atoms with E-state index in [4.69, 9.17) is 0 Å². The van der Waals surface area contributed by atoms with Crippen molar-refractivity contribution in [1.29, 1.82) is 0 Å². The minimum Gasteiger partial charge on any atom is -0.0798 e. The number of aryl methyl sites for hydroxylation is 2. The molecule has 20 heavy (non-hydrogen) atoms. The summed E-state index contributed by atoms with van der Waals surface area (Å²) in [7, 11) is 0. The fourth-order valence-electron chi connectivity index (χ4n) is 3.91. The number of fused-ring (bicyclic) bond motifs is 4. The second-order valence-corrected chi connectivity index (χ2v) is 6.17. The van der Waals surface area contributed by atoms with Crippen molar-refractivity contribution in [3.63, 3.8) is 0 Å². The highest BCUT2D eigenvalue weighted by molar-refractivity contribution is 5.74. The summed E-state index contributed by atoms with van der Waals surface area (Å²) in [6.07, 6.45) is 15.6. The molecule has 0 saturated heterocycles. The minimum absolute atomic E-state index is 0.583. The number of hydrogen-bond acceptors (Lipinski definition) is 0. The highest BCUT2D eigenvalue weighted by Gasteiger charge is 2.26. The largest absolute Gasteiger partial charge is 0.0798 e. The van der Waals surface area contributed by atoms with E-state index in [0.717, 1.165) is 6.42 Å². The predicted molar refractivity (Wildman–Crippen MR) is 85.7 cm³/mol. The lowest BCUT2D eigenvalue weighted by Crippen LogP contribution is -2.37. The van der Waals surface area contributed by atoms with Gasteiger partial charge in [0.25, 0.3) is 0 Å². The summed E-state index contributed by atoms with van der Waals surface area (Å²) in [6.45, 7) is 4.48. The first-order chi connectivity index (χ1) is 9.75. The number of hydrogen-bond donors (Lipinski definition) is 0. The SMILES string of the molecule is Cc1ccc(C)c2c1=CCC1C3=CCCC=C3C=CC=21. The quantitative estimate of drug-likeness (QED) is 0.670. The van der Waals surface area contributed by atoms with E-state index in [1.54, 1.807) is 5.57 Å². The van der Waals surface area contributed by atoms with Crippen LogP contribution in [-0.2, 0) is 0 Å². The van der Waals surface area contributed by atoms with E-state index in [2.05, 4.69) is 56.4 Å². The van der Waals surface area contributed by atoms with Gasteiger partial charge in [0.1, 0.15) is 0 Å². The van der Waals surface area contributed by atoms with Crippen LogP contribution in [-0.4, -0.2) is 0 Å². The van der Waals surface area contributed by atoms with Gasteiger partial charge in [-0.1, -0.05) is 42.5 Å². The van der Waals surface area contributed by atoms with Crippen molar-refractivity contribution in [1.82, 2.24) is 0 Å². The maximum absolute atomic E-state index is 2.47. The molecule has 0 fully saturated rings. The van der Waals surface area contributed by atoms with Gasteiger partial charge in [0.15, 0.2) is 0 Å². The van der Waals surface area contributed by atoms with Gasteiger partial charge in [-0.3, -0.25) is 0 Å². The molecule has 0 aliphatic heterocycles. The molecule has 0 saturated carbocycles. The number of benzene rings is 1. The van der Waals surface area contributed by atoms with E-state index >= 15 is 0 Å². The molecule has 0 heterocycles. The van der Waals surface area contributed by atoms with Gasteiger partial charge >= 0.3 is 0 Å². The summed E-state index contributed by atoms with van der Waals surface area (Å²) in [4.78, 5) is 0. The lowest BCUT2D eigenvalue weighted by atomic mass is 9.74. The van der Waals surface area contributed by atoms with Crippen LogP contribution in [0.25, 0.3) is 11.6 Å². The molecule has 0 nitrogen and oxygen atoms in total. The van der Waals surface area contributed by atoms with Gasteiger partial charge in [-0.15, -0.1) is 0 Å². The minimum atomic E-state index is 0.583. The standard InChI is InChI=1S/C20H20/c1-13-7-8-14(2)20-16(13)11-12-18-17-6-4-3-5-15(17)9-10-19(18)20/h5-11,18H,3-4,12H2,1-2H3. The molecule has 0 aromatic heterocycles. The van der Waals surface area contributed by atoms with Crippen molar-refractivity contribution < 1.29 is 0 Å². The maximum atomic E-state index is 2.47. The zero-order valence-corrected chi connectivity index (χ0v) is 12.2. The van der Waals surface area contributed by atoms with Crippen LogP contribution >= 0.6 is 0 Å². The molecule has 0 spiro atoms. The lowest BCUT2D eigenvalue weighted by Gasteiger charge is -2.30. The molecule has 0 radical (unpaired) electrons. The highest BCUT2D eigenvalue weighted by atomic mass is 14.3. The van der Waals surface area contributed by atoms with Crippen molar-refractivity contribution >= 4 is 11.6 Å². The third-order valence-electron chi connectivity index (χ3n) is 4.94. The molecule has 3 aliphatic carbocycles. The van der Waals surface area contributed by atoms with Crippen molar-refractivity contribution in [3.8, 4) is 0 Å². The lowest BCUT2D eigenvalue weighted by molar-refractivity contribution is 0.787. The molecule has 0 N–H and O–H groups in total. The van der Waals surface area contributed by atoms with Crippen molar-refractivity contribution in [2.45, 2.75) is 33.1 Å². The van der Waals surface area contributed by atoms with E-state index in [9.17, 15) is 0 Å². The molecule has 100 valence electrons. The average molecular weight is 260 g/mol. The number of rotatable bonds is 0. The van der Waals surface area contributed by atoms with E-state index < -0.39 is 0 Å².